The smallest absolute Gasteiger partial charge is 0.276 e. The molecule has 0 atom stereocenters. The fraction of sp³-hybridized carbons (Fsp3) is 0.263. The molecule has 8 heteroatoms. The summed E-state index contributed by atoms with van der Waals surface area (Å²) in [6.45, 7) is 3.28. The molecule has 0 aliphatic carbocycles. The van der Waals surface area contributed by atoms with E-state index in [0.717, 1.165) is 5.56 Å². The maximum absolute atomic E-state index is 12.7. The fourth-order valence-electron chi connectivity index (χ4n) is 2.53. The third-order valence-electron chi connectivity index (χ3n) is 4.00. The Labute approximate surface area is 161 Å². The van der Waals surface area contributed by atoms with Gasteiger partial charge in [0.15, 0.2) is 6.61 Å². The summed E-state index contributed by atoms with van der Waals surface area (Å²) in [5.41, 5.74) is 1.69. The van der Waals surface area contributed by atoms with Crippen LogP contribution in [0.3, 0.4) is 0 Å². The molecule has 0 aromatic heterocycles. The van der Waals surface area contributed by atoms with Crippen molar-refractivity contribution < 1.29 is 14.5 Å². The highest BCUT2D eigenvalue weighted by Crippen LogP contribution is 2.27. The van der Waals surface area contributed by atoms with E-state index in [1.807, 2.05) is 13.0 Å². The molecule has 7 nitrogen and oxygen atoms in total. The molecule has 2 aromatic carbocycles. The second-order valence-corrected chi connectivity index (χ2v) is 6.24. The summed E-state index contributed by atoms with van der Waals surface area (Å²) in [6.07, 6.45) is 0.156. The average Bonchev–Trinajstić information content (AvgIpc) is 2.63. The highest BCUT2D eigenvalue weighted by molar-refractivity contribution is 6.31. The third-order valence-corrected chi connectivity index (χ3v) is 4.43. The minimum absolute atomic E-state index is 0.0744. The number of amides is 1. The summed E-state index contributed by atoms with van der Waals surface area (Å²) in [5.74, 6) is -0.0945. The van der Waals surface area contributed by atoms with Gasteiger partial charge in [0.1, 0.15) is 5.75 Å². The lowest BCUT2D eigenvalue weighted by atomic mass is 10.2. The van der Waals surface area contributed by atoms with Crippen LogP contribution >= 0.6 is 11.6 Å². The number of nitriles is 1. The number of nitro benzene ring substituents is 1. The van der Waals surface area contributed by atoms with E-state index in [1.54, 1.807) is 31.2 Å². The minimum Gasteiger partial charge on any atom is -0.483 e. The SMILES string of the molecule is Cc1cc(N(CCC#N)C(=O)COc2cccc([N+](=O)[O-])c2C)ccc1Cl. The zero-order chi connectivity index (χ0) is 20.0. The molecule has 2 rings (SSSR count). The minimum atomic E-state index is -0.500. The second-order valence-electron chi connectivity index (χ2n) is 5.83. The summed E-state index contributed by atoms with van der Waals surface area (Å²) >= 11 is 6.03. The van der Waals surface area contributed by atoms with Crippen LogP contribution < -0.4 is 9.64 Å². The maximum atomic E-state index is 12.7. The number of hydrogen-bond donors (Lipinski definition) is 0. The Bertz CT molecular complexity index is 908. The Kier molecular flexibility index (Phi) is 6.74. The first kappa shape index (κ1) is 20.2. The molecule has 0 heterocycles. The van der Waals surface area contributed by atoms with Gasteiger partial charge in [0.25, 0.3) is 11.6 Å². The van der Waals surface area contributed by atoms with Crippen LogP contribution in [0.1, 0.15) is 17.5 Å². The lowest BCUT2D eigenvalue weighted by Crippen LogP contribution is -2.35. The van der Waals surface area contributed by atoms with Gasteiger partial charge in [-0.05, 0) is 43.7 Å². The Morgan fingerprint density at radius 1 is 1.33 bits per heavy atom. The summed E-state index contributed by atoms with van der Waals surface area (Å²) in [4.78, 5) is 24.6. The molecule has 27 heavy (non-hydrogen) atoms. The number of carbonyl (C=O) groups excluding carboxylic acids is 1. The first-order valence-corrected chi connectivity index (χ1v) is 8.53. The number of anilines is 1. The van der Waals surface area contributed by atoms with Crippen molar-refractivity contribution >= 4 is 28.9 Å². The molecular formula is C19H18ClN3O4. The molecular weight excluding hydrogens is 370 g/mol. The van der Waals surface area contributed by atoms with Crippen molar-refractivity contribution in [2.45, 2.75) is 20.3 Å². The highest BCUT2D eigenvalue weighted by Gasteiger charge is 2.19. The third kappa shape index (κ3) is 4.96. The van der Waals surface area contributed by atoms with Crippen LogP contribution in [0.15, 0.2) is 36.4 Å². The van der Waals surface area contributed by atoms with Crippen molar-refractivity contribution in [3.05, 3.63) is 62.7 Å². The van der Waals surface area contributed by atoms with Gasteiger partial charge in [-0.1, -0.05) is 17.7 Å². The summed E-state index contributed by atoms with van der Waals surface area (Å²) in [5, 5.41) is 20.5. The van der Waals surface area contributed by atoms with Crippen molar-refractivity contribution in [1.82, 2.24) is 0 Å². The standard InChI is InChI=1S/C19H18ClN3O4/c1-13-11-15(7-8-16(13)20)22(10-4-9-21)19(24)12-27-18-6-3-5-17(14(18)2)23(25)26/h3,5-8,11H,4,10,12H2,1-2H3. The predicted octanol–water partition coefficient (Wildman–Crippen LogP) is 4.19. The Morgan fingerprint density at radius 3 is 2.70 bits per heavy atom. The van der Waals surface area contributed by atoms with Crippen LogP contribution in [0.25, 0.3) is 0 Å². The largest absolute Gasteiger partial charge is 0.483 e. The van der Waals surface area contributed by atoms with Crippen LogP contribution in [0.4, 0.5) is 11.4 Å². The Morgan fingerprint density at radius 2 is 2.07 bits per heavy atom. The topological polar surface area (TPSA) is 96.5 Å². The van der Waals surface area contributed by atoms with Crippen molar-refractivity contribution in [1.29, 1.82) is 5.26 Å². The van der Waals surface area contributed by atoms with Gasteiger partial charge in [-0.3, -0.25) is 14.9 Å². The molecule has 0 bridgehead atoms. The van der Waals surface area contributed by atoms with Crippen molar-refractivity contribution in [3.63, 3.8) is 0 Å². The van der Waals surface area contributed by atoms with E-state index >= 15 is 0 Å². The van der Waals surface area contributed by atoms with Gasteiger partial charge in [-0.15, -0.1) is 0 Å². The van der Waals surface area contributed by atoms with E-state index < -0.39 is 4.92 Å². The molecule has 0 saturated carbocycles. The summed E-state index contributed by atoms with van der Waals surface area (Å²) in [7, 11) is 0. The molecule has 0 N–H and O–H groups in total. The number of halogens is 1. The normalized spacial score (nSPS) is 10.1. The van der Waals surface area contributed by atoms with Crippen LogP contribution in [0, 0.1) is 35.3 Å². The molecule has 2 aromatic rings. The van der Waals surface area contributed by atoms with E-state index in [4.69, 9.17) is 21.6 Å². The van der Waals surface area contributed by atoms with Gasteiger partial charge in [0.2, 0.25) is 0 Å². The van der Waals surface area contributed by atoms with Crippen molar-refractivity contribution in [2.24, 2.45) is 0 Å². The zero-order valence-corrected chi connectivity index (χ0v) is 15.7. The molecule has 0 radical (unpaired) electrons. The monoisotopic (exact) mass is 387 g/mol. The highest BCUT2D eigenvalue weighted by atomic mass is 35.5. The molecule has 1 amide bonds. The van der Waals surface area contributed by atoms with Gasteiger partial charge < -0.3 is 9.64 Å². The van der Waals surface area contributed by atoms with E-state index in [-0.39, 0.29) is 36.9 Å². The molecule has 0 aliphatic rings. The van der Waals surface area contributed by atoms with E-state index in [2.05, 4.69) is 0 Å². The number of benzene rings is 2. The van der Waals surface area contributed by atoms with Crippen LogP contribution in [-0.2, 0) is 4.79 Å². The number of ether oxygens (including phenoxy) is 1. The Hall–Kier alpha value is -3.11. The first-order chi connectivity index (χ1) is 12.8. The molecule has 0 saturated heterocycles. The maximum Gasteiger partial charge on any atom is 0.276 e. The van der Waals surface area contributed by atoms with Gasteiger partial charge in [-0.25, -0.2) is 0 Å². The Balaban J connectivity index is 2.19. The second kappa shape index (κ2) is 9.01. The zero-order valence-electron chi connectivity index (χ0n) is 14.9. The van der Waals surface area contributed by atoms with E-state index in [0.29, 0.717) is 16.3 Å². The van der Waals surface area contributed by atoms with Crippen molar-refractivity contribution in [2.75, 3.05) is 18.1 Å². The van der Waals surface area contributed by atoms with E-state index in [1.165, 1.54) is 17.0 Å². The van der Waals surface area contributed by atoms with Crippen molar-refractivity contribution in [3.8, 4) is 11.8 Å². The lowest BCUT2D eigenvalue weighted by molar-refractivity contribution is -0.385. The number of hydrogen-bond acceptors (Lipinski definition) is 5. The number of carbonyl (C=O) groups is 1. The van der Waals surface area contributed by atoms with Gasteiger partial charge >= 0.3 is 0 Å². The number of rotatable bonds is 7. The summed E-state index contributed by atoms with van der Waals surface area (Å²) < 4.78 is 5.52. The van der Waals surface area contributed by atoms with Gasteiger partial charge in [-0.2, -0.15) is 5.26 Å². The lowest BCUT2D eigenvalue weighted by Gasteiger charge is -2.23. The quantitative estimate of drug-likeness (QED) is 0.524. The predicted molar refractivity (Wildman–Crippen MR) is 102 cm³/mol. The first-order valence-electron chi connectivity index (χ1n) is 8.15. The van der Waals surface area contributed by atoms with E-state index in [9.17, 15) is 14.9 Å². The summed E-state index contributed by atoms with van der Waals surface area (Å²) in [6, 6.07) is 11.6. The van der Waals surface area contributed by atoms with Gasteiger partial charge in [0, 0.05) is 23.3 Å². The number of nitro groups is 1. The van der Waals surface area contributed by atoms with Gasteiger partial charge in [0.05, 0.1) is 23.0 Å². The van der Waals surface area contributed by atoms with Crippen LogP contribution in [-0.4, -0.2) is 24.0 Å². The molecule has 0 aliphatic heterocycles. The molecule has 0 fully saturated rings. The fourth-order valence-corrected chi connectivity index (χ4v) is 2.65. The number of nitrogens with zero attached hydrogens (tertiary/aromatic N) is 3. The molecule has 0 unspecified atom stereocenters. The van der Waals surface area contributed by atoms with Crippen LogP contribution in [0.2, 0.25) is 5.02 Å². The average molecular weight is 388 g/mol. The molecule has 140 valence electrons. The van der Waals surface area contributed by atoms with Crippen LogP contribution in [0.5, 0.6) is 5.75 Å². The molecule has 0 spiro atoms. The number of aryl methyl sites for hydroxylation is 1.